The van der Waals surface area contributed by atoms with Gasteiger partial charge in [-0.1, -0.05) is 6.92 Å². The molecular formula is C21H30N4O3. The predicted molar refractivity (Wildman–Crippen MR) is 106 cm³/mol. The van der Waals surface area contributed by atoms with E-state index in [1.165, 1.54) is 0 Å². The molecule has 0 saturated carbocycles. The highest BCUT2D eigenvalue weighted by molar-refractivity contribution is 5.74. The number of urea groups is 1. The summed E-state index contributed by atoms with van der Waals surface area (Å²) in [6, 6.07) is 9.03. The van der Waals surface area contributed by atoms with E-state index in [0.717, 1.165) is 45.6 Å². The standard InChI is InChI=1S/C21H30N4O3/c1-2-7-23-21(27)25-12-17-8-18(13-25)11-24(10-17)14-19(26)15-28-20-5-3-16(9-22)4-6-20/h3-6,17-19,26H,2,7-8,10-15H2,1H3,(H,23,27). The highest BCUT2D eigenvalue weighted by atomic mass is 16.5. The van der Waals surface area contributed by atoms with Crippen molar-refractivity contribution in [3.05, 3.63) is 29.8 Å². The fourth-order valence-electron chi connectivity index (χ4n) is 4.22. The third kappa shape index (κ3) is 5.60. The van der Waals surface area contributed by atoms with Crippen LogP contribution in [0.2, 0.25) is 0 Å². The van der Waals surface area contributed by atoms with Crippen molar-refractivity contribution in [3.63, 3.8) is 0 Å². The number of aliphatic hydroxyl groups is 1. The molecule has 0 radical (unpaired) electrons. The number of amides is 2. The number of carbonyl (C=O) groups excluding carboxylic acids is 1. The Bertz CT molecular complexity index is 674. The number of carbonyl (C=O) groups is 1. The van der Waals surface area contributed by atoms with Crippen LogP contribution in [-0.4, -0.2) is 72.9 Å². The minimum absolute atomic E-state index is 0.0563. The van der Waals surface area contributed by atoms with E-state index in [1.807, 2.05) is 4.90 Å². The molecule has 3 atom stereocenters. The van der Waals surface area contributed by atoms with E-state index in [-0.39, 0.29) is 12.6 Å². The molecule has 7 heteroatoms. The number of aliphatic hydroxyl groups excluding tert-OH is 1. The smallest absolute Gasteiger partial charge is 0.317 e. The van der Waals surface area contributed by atoms with Gasteiger partial charge in [0.1, 0.15) is 18.5 Å². The van der Waals surface area contributed by atoms with Gasteiger partial charge in [-0.3, -0.25) is 4.90 Å². The first kappa shape index (κ1) is 20.4. The predicted octanol–water partition coefficient (Wildman–Crippen LogP) is 1.67. The molecule has 28 heavy (non-hydrogen) atoms. The third-order valence-corrected chi connectivity index (χ3v) is 5.36. The second kappa shape index (κ2) is 9.76. The molecule has 152 valence electrons. The zero-order chi connectivity index (χ0) is 19.9. The monoisotopic (exact) mass is 386 g/mol. The van der Waals surface area contributed by atoms with E-state index in [9.17, 15) is 9.90 Å². The number of nitrogens with zero attached hydrogens (tertiary/aromatic N) is 3. The second-order valence-corrected chi connectivity index (χ2v) is 7.92. The molecule has 2 saturated heterocycles. The molecule has 1 aromatic carbocycles. The van der Waals surface area contributed by atoms with Crippen molar-refractivity contribution in [2.45, 2.75) is 25.9 Å². The summed E-state index contributed by atoms with van der Waals surface area (Å²) in [4.78, 5) is 16.5. The molecule has 2 amide bonds. The molecule has 3 unspecified atom stereocenters. The fraction of sp³-hybridized carbons (Fsp3) is 0.619. The summed E-state index contributed by atoms with van der Waals surface area (Å²) < 4.78 is 5.64. The van der Waals surface area contributed by atoms with Crippen LogP contribution in [0, 0.1) is 23.2 Å². The number of hydrogen-bond donors (Lipinski definition) is 2. The summed E-state index contributed by atoms with van der Waals surface area (Å²) in [5.41, 5.74) is 0.588. The van der Waals surface area contributed by atoms with Gasteiger partial charge >= 0.3 is 6.03 Å². The lowest BCUT2D eigenvalue weighted by Gasteiger charge is -2.46. The number of ether oxygens (including phenoxy) is 1. The van der Waals surface area contributed by atoms with Gasteiger partial charge in [0, 0.05) is 39.3 Å². The molecule has 0 spiro atoms. The number of likely N-dealkylation sites (tertiary alicyclic amines) is 2. The van der Waals surface area contributed by atoms with Crippen LogP contribution in [0.25, 0.3) is 0 Å². The molecule has 7 nitrogen and oxygen atoms in total. The number of nitrogens with one attached hydrogen (secondary N) is 1. The van der Waals surface area contributed by atoms with Crippen LogP contribution in [0.1, 0.15) is 25.3 Å². The number of β-amino-alcohol motifs (C(OH)–C–C–N with tert-alkyl or cyclic N) is 1. The molecular weight excluding hydrogens is 356 g/mol. The quantitative estimate of drug-likeness (QED) is 0.744. The zero-order valence-electron chi connectivity index (χ0n) is 16.5. The molecule has 3 rings (SSSR count). The lowest BCUT2D eigenvalue weighted by Crippen LogP contribution is -2.57. The Morgan fingerprint density at radius 3 is 2.57 bits per heavy atom. The average Bonchev–Trinajstić information content (AvgIpc) is 2.70. The largest absolute Gasteiger partial charge is 0.491 e. The first-order valence-corrected chi connectivity index (χ1v) is 10.1. The van der Waals surface area contributed by atoms with Crippen molar-refractivity contribution in [1.82, 2.24) is 15.1 Å². The van der Waals surface area contributed by atoms with Crippen molar-refractivity contribution in [1.29, 1.82) is 5.26 Å². The Hall–Kier alpha value is -2.30. The summed E-state index contributed by atoms with van der Waals surface area (Å²) in [6.07, 6.45) is 1.53. The molecule has 2 fully saturated rings. The zero-order valence-corrected chi connectivity index (χ0v) is 16.5. The van der Waals surface area contributed by atoms with Crippen molar-refractivity contribution in [2.75, 3.05) is 45.9 Å². The summed E-state index contributed by atoms with van der Waals surface area (Å²) in [6.45, 7) is 6.97. The second-order valence-electron chi connectivity index (χ2n) is 7.92. The lowest BCUT2D eigenvalue weighted by atomic mass is 9.84. The average molecular weight is 386 g/mol. The number of nitriles is 1. The van der Waals surface area contributed by atoms with Crippen molar-refractivity contribution >= 4 is 6.03 Å². The van der Waals surface area contributed by atoms with Crippen LogP contribution in [-0.2, 0) is 0 Å². The molecule has 0 aromatic heterocycles. The van der Waals surface area contributed by atoms with Crippen molar-refractivity contribution < 1.29 is 14.6 Å². The van der Waals surface area contributed by atoms with Crippen LogP contribution in [0.3, 0.4) is 0 Å². The van der Waals surface area contributed by atoms with Gasteiger partial charge < -0.3 is 20.1 Å². The van der Waals surface area contributed by atoms with E-state index in [4.69, 9.17) is 10.00 Å². The highest BCUT2D eigenvalue weighted by Crippen LogP contribution is 2.28. The van der Waals surface area contributed by atoms with Gasteiger partial charge in [0.05, 0.1) is 11.6 Å². The fourth-order valence-corrected chi connectivity index (χ4v) is 4.22. The van der Waals surface area contributed by atoms with Crippen LogP contribution in [0.5, 0.6) is 5.75 Å². The Balaban J connectivity index is 1.42. The number of fused-ring (bicyclic) bond motifs is 2. The van der Waals surface area contributed by atoms with Crippen LogP contribution >= 0.6 is 0 Å². The van der Waals surface area contributed by atoms with Crippen molar-refractivity contribution in [3.8, 4) is 11.8 Å². The van der Waals surface area contributed by atoms with Gasteiger partial charge in [0.2, 0.25) is 0 Å². The SMILES string of the molecule is CCCNC(=O)N1CC2CC(CN(CC(O)COc3ccc(C#N)cc3)C2)C1. The van der Waals surface area contributed by atoms with Gasteiger partial charge in [0.25, 0.3) is 0 Å². The number of rotatable bonds is 7. The Kier molecular flexibility index (Phi) is 7.12. The maximum Gasteiger partial charge on any atom is 0.317 e. The van der Waals surface area contributed by atoms with Gasteiger partial charge in [-0.25, -0.2) is 4.79 Å². The topological polar surface area (TPSA) is 88.8 Å². The molecule has 2 aliphatic heterocycles. The van der Waals surface area contributed by atoms with E-state index >= 15 is 0 Å². The first-order chi connectivity index (χ1) is 13.6. The summed E-state index contributed by atoms with van der Waals surface area (Å²) in [7, 11) is 0. The maximum absolute atomic E-state index is 12.2. The van der Waals surface area contributed by atoms with E-state index in [0.29, 0.717) is 29.7 Å². The first-order valence-electron chi connectivity index (χ1n) is 10.1. The van der Waals surface area contributed by atoms with Crippen LogP contribution in [0.15, 0.2) is 24.3 Å². The molecule has 2 bridgehead atoms. The Morgan fingerprint density at radius 1 is 1.29 bits per heavy atom. The Morgan fingerprint density at radius 2 is 1.96 bits per heavy atom. The van der Waals surface area contributed by atoms with E-state index < -0.39 is 6.10 Å². The molecule has 2 aliphatic rings. The summed E-state index contributed by atoms with van der Waals surface area (Å²) in [5, 5.41) is 22.2. The van der Waals surface area contributed by atoms with Gasteiger partial charge in [-0.15, -0.1) is 0 Å². The van der Waals surface area contributed by atoms with Gasteiger partial charge in [-0.2, -0.15) is 5.26 Å². The summed E-state index contributed by atoms with van der Waals surface area (Å²) >= 11 is 0. The van der Waals surface area contributed by atoms with E-state index in [2.05, 4.69) is 23.2 Å². The molecule has 2 heterocycles. The molecule has 0 aliphatic carbocycles. The number of benzene rings is 1. The number of piperidine rings is 2. The van der Waals surface area contributed by atoms with Crippen LogP contribution < -0.4 is 10.1 Å². The van der Waals surface area contributed by atoms with Gasteiger partial charge in [0.15, 0.2) is 0 Å². The van der Waals surface area contributed by atoms with Crippen molar-refractivity contribution in [2.24, 2.45) is 11.8 Å². The minimum Gasteiger partial charge on any atom is -0.491 e. The summed E-state index contributed by atoms with van der Waals surface area (Å²) in [5.74, 6) is 1.58. The maximum atomic E-state index is 12.2. The van der Waals surface area contributed by atoms with E-state index in [1.54, 1.807) is 24.3 Å². The highest BCUT2D eigenvalue weighted by Gasteiger charge is 2.36. The normalized spacial score (nSPS) is 23.0. The molecule has 1 aromatic rings. The van der Waals surface area contributed by atoms with Gasteiger partial charge in [-0.05, 0) is 48.9 Å². The third-order valence-electron chi connectivity index (χ3n) is 5.36. The Labute approximate surface area is 166 Å². The number of hydrogen-bond acceptors (Lipinski definition) is 5. The minimum atomic E-state index is -0.571. The molecule has 2 N–H and O–H groups in total. The van der Waals surface area contributed by atoms with Crippen LogP contribution in [0.4, 0.5) is 4.79 Å². The lowest BCUT2D eigenvalue weighted by molar-refractivity contribution is 0.00921.